The average Bonchev–Trinajstić information content (AvgIpc) is 3.19. The van der Waals surface area contributed by atoms with E-state index in [1.807, 2.05) is 7.05 Å². The van der Waals surface area contributed by atoms with E-state index in [2.05, 4.69) is 21.0 Å². The summed E-state index contributed by atoms with van der Waals surface area (Å²) in [6.45, 7) is 1.19. The highest BCUT2D eigenvalue weighted by atomic mass is 32.2. The van der Waals surface area contributed by atoms with Crippen LogP contribution in [0.1, 0.15) is 35.1 Å². The van der Waals surface area contributed by atoms with Crippen molar-refractivity contribution in [3.63, 3.8) is 0 Å². The van der Waals surface area contributed by atoms with E-state index in [1.165, 1.54) is 26.6 Å². The number of likely N-dealkylation sites (tertiary alicyclic amines) is 1. The van der Waals surface area contributed by atoms with Gasteiger partial charge in [0.05, 0.1) is 6.04 Å². The molecular formula is C18H24N4O3S. The smallest absolute Gasteiger partial charge is 0.307 e. The molecule has 0 saturated carbocycles. The molecule has 0 radical (unpaired) electrons. The summed E-state index contributed by atoms with van der Waals surface area (Å²) in [5.74, 6) is 0. The van der Waals surface area contributed by atoms with Crippen molar-refractivity contribution in [1.29, 1.82) is 0 Å². The Hall–Kier alpha value is -1.64. The van der Waals surface area contributed by atoms with E-state index in [0.29, 0.717) is 12.6 Å². The lowest BCUT2D eigenvalue weighted by Gasteiger charge is -2.59. The zero-order valence-corrected chi connectivity index (χ0v) is 15.7. The van der Waals surface area contributed by atoms with Gasteiger partial charge < -0.3 is 5.32 Å². The van der Waals surface area contributed by atoms with Gasteiger partial charge in [0.15, 0.2) is 0 Å². The Kier molecular flexibility index (Phi) is 3.61. The summed E-state index contributed by atoms with van der Waals surface area (Å²) in [6, 6.07) is 1.96. The topological polar surface area (TPSA) is 81.8 Å². The lowest BCUT2D eigenvalue weighted by Crippen LogP contribution is -2.79. The molecule has 7 nitrogen and oxygen atoms in total. The van der Waals surface area contributed by atoms with Crippen molar-refractivity contribution in [1.82, 2.24) is 13.9 Å². The third-order valence-corrected chi connectivity index (χ3v) is 7.94. The first-order valence-corrected chi connectivity index (χ1v) is 10.9. The van der Waals surface area contributed by atoms with Crippen molar-refractivity contribution < 1.29 is 13.2 Å². The highest BCUT2D eigenvalue weighted by Gasteiger charge is 2.54. The van der Waals surface area contributed by atoms with E-state index in [-0.39, 0.29) is 6.04 Å². The maximum atomic E-state index is 12.5. The number of carbonyl (C=O) groups excluding carboxylic acids is 1. The van der Waals surface area contributed by atoms with Gasteiger partial charge in [-0.1, -0.05) is 6.07 Å². The van der Waals surface area contributed by atoms with Crippen molar-refractivity contribution >= 4 is 21.9 Å². The lowest BCUT2D eigenvalue weighted by atomic mass is 9.90. The summed E-state index contributed by atoms with van der Waals surface area (Å²) < 4.78 is 28.6. The molecule has 0 spiro atoms. The van der Waals surface area contributed by atoms with Crippen LogP contribution in [-0.2, 0) is 35.9 Å². The number of nitrogens with zero attached hydrogens (tertiary/aromatic N) is 2. The minimum atomic E-state index is -3.78. The Labute approximate surface area is 153 Å². The van der Waals surface area contributed by atoms with Crippen LogP contribution in [0.2, 0.25) is 0 Å². The highest BCUT2D eigenvalue weighted by molar-refractivity contribution is 7.87. The number of amides is 2. The van der Waals surface area contributed by atoms with Crippen molar-refractivity contribution in [3.8, 4) is 0 Å². The second-order valence-corrected chi connectivity index (χ2v) is 9.56. The van der Waals surface area contributed by atoms with Gasteiger partial charge in [0.1, 0.15) is 0 Å². The van der Waals surface area contributed by atoms with Gasteiger partial charge in [-0.15, -0.1) is 0 Å². The van der Waals surface area contributed by atoms with Crippen LogP contribution in [0.4, 0.5) is 10.5 Å². The maximum absolute atomic E-state index is 12.5. The molecule has 0 bridgehead atoms. The molecule has 4 aliphatic rings. The predicted molar refractivity (Wildman–Crippen MR) is 98.5 cm³/mol. The summed E-state index contributed by atoms with van der Waals surface area (Å²) in [5.41, 5.74) is 5.88. The molecule has 140 valence electrons. The first-order valence-electron chi connectivity index (χ1n) is 9.41. The van der Waals surface area contributed by atoms with E-state index in [4.69, 9.17) is 0 Å². The minimum Gasteiger partial charge on any atom is -0.307 e. The summed E-state index contributed by atoms with van der Waals surface area (Å²) >= 11 is 0. The number of nitrogens with one attached hydrogen (secondary N) is 2. The van der Waals surface area contributed by atoms with E-state index in [9.17, 15) is 13.2 Å². The predicted octanol–water partition coefficient (Wildman–Crippen LogP) is 1.03. The third-order valence-electron chi connectivity index (χ3n) is 6.46. The molecule has 8 heteroatoms. The van der Waals surface area contributed by atoms with Crippen LogP contribution >= 0.6 is 0 Å². The first kappa shape index (κ1) is 16.5. The Bertz CT molecular complexity index is 866. The molecule has 26 heavy (non-hydrogen) atoms. The molecule has 2 saturated heterocycles. The van der Waals surface area contributed by atoms with Gasteiger partial charge in [0.25, 0.3) is 0 Å². The van der Waals surface area contributed by atoms with Gasteiger partial charge in [-0.3, -0.25) is 4.90 Å². The molecule has 5 rings (SSSR count). The van der Waals surface area contributed by atoms with Gasteiger partial charge in [0, 0.05) is 24.8 Å². The van der Waals surface area contributed by atoms with Crippen molar-refractivity contribution in [2.24, 2.45) is 0 Å². The number of likely N-dealkylation sites (N-methyl/N-ethyl adjacent to an activating group) is 1. The molecule has 2 fully saturated rings. The number of anilines is 1. The lowest BCUT2D eigenvalue weighted by molar-refractivity contribution is -0.0620. The molecule has 0 aromatic heterocycles. The number of rotatable bonds is 3. The van der Waals surface area contributed by atoms with Crippen LogP contribution in [0.25, 0.3) is 0 Å². The first-order chi connectivity index (χ1) is 12.4. The van der Waals surface area contributed by atoms with Gasteiger partial charge in [-0.25, -0.2) is 9.52 Å². The molecule has 2 amide bonds. The zero-order valence-electron chi connectivity index (χ0n) is 14.9. The fourth-order valence-corrected chi connectivity index (χ4v) is 6.31. The maximum Gasteiger partial charge on any atom is 0.333 e. The second kappa shape index (κ2) is 5.68. The van der Waals surface area contributed by atoms with Crippen LogP contribution in [0.5, 0.6) is 0 Å². The number of carbonyl (C=O) groups is 1. The Balaban J connectivity index is 1.34. The summed E-state index contributed by atoms with van der Waals surface area (Å²) in [5, 5.41) is 2.89. The Morgan fingerprint density at radius 2 is 1.69 bits per heavy atom. The van der Waals surface area contributed by atoms with Gasteiger partial charge in [-0.2, -0.15) is 12.7 Å². The van der Waals surface area contributed by atoms with Crippen molar-refractivity contribution in [2.75, 3.05) is 25.5 Å². The van der Waals surface area contributed by atoms with Gasteiger partial charge in [-0.05, 0) is 67.8 Å². The molecule has 2 heterocycles. The molecule has 2 N–H and O–H groups in total. The monoisotopic (exact) mass is 376 g/mol. The highest BCUT2D eigenvalue weighted by Crippen LogP contribution is 2.38. The largest absolute Gasteiger partial charge is 0.333 e. The number of benzene rings is 1. The number of urea groups is 1. The molecule has 1 aromatic rings. The minimum absolute atomic E-state index is 0.00974. The zero-order chi connectivity index (χ0) is 18.1. The Morgan fingerprint density at radius 3 is 2.23 bits per heavy atom. The number of fused-ring (bicyclic) bond motifs is 3. The SMILES string of the molecule is CN1CC2[C@H]1CN2S(=O)(=O)NC(=O)Nc1c2c(cc3c1CCC3)CCC2. The molecular weight excluding hydrogens is 352 g/mol. The standard InChI is InChI=1S/C18H24N4O3S/c1-21-9-16-15(21)10-22(16)26(24,25)20-18(23)19-17-13-6-2-4-11(13)8-12-5-3-7-14(12)17/h8,15-16H,2-7,9-10H2,1H3,(H2,19,20,23)/t15-,16?/m1/s1. The average molecular weight is 376 g/mol. The van der Waals surface area contributed by atoms with Crippen molar-refractivity contribution in [3.05, 3.63) is 28.3 Å². The molecule has 1 unspecified atom stereocenters. The third kappa shape index (κ3) is 2.39. The van der Waals surface area contributed by atoms with Crippen LogP contribution in [0.15, 0.2) is 6.07 Å². The second-order valence-electron chi connectivity index (χ2n) is 7.94. The van der Waals surface area contributed by atoms with Crippen LogP contribution in [-0.4, -0.2) is 55.9 Å². The number of aryl methyl sites for hydroxylation is 2. The van der Waals surface area contributed by atoms with Gasteiger partial charge in [0.2, 0.25) is 0 Å². The molecule has 2 atom stereocenters. The summed E-state index contributed by atoms with van der Waals surface area (Å²) in [6.07, 6.45) is 6.18. The molecule has 1 aromatic carbocycles. The van der Waals surface area contributed by atoms with Crippen molar-refractivity contribution in [2.45, 2.75) is 50.6 Å². The fourth-order valence-electron chi connectivity index (χ4n) is 4.99. The normalized spacial score (nSPS) is 27.1. The molecule has 2 aliphatic heterocycles. The van der Waals surface area contributed by atoms with Crippen LogP contribution in [0.3, 0.4) is 0 Å². The number of hydrogen-bond donors (Lipinski definition) is 2. The number of hydrogen-bond acceptors (Lipinski definition) is 4. The van der Waals surface area contributed by atoms with E-state index >= 15 is 0 Å². The van der Waals surface area contributed by atoms with Crippen LogP contribution in [0, 0.1) is 0 Å². The Morgan fingerprint density at radius 1 is 1.04 bits per heavy atom. The van der Waals surface area contributed by atoms with Gasteiger partial charge >= 0.3 is 16.2 Å². The molecule has 2 aliphatic carbocycles. The number of piperazine rings is 1. The van der Waals surface area contributed by atoms with E-state index in [1.54, 1.807) is 0 Å². The summed E-state index contributed by atoms with van der Waals surface area (Å²) in [4.78, 5) is 14.6. The quantitative estimate of drug-likeness (QED) is 0.826. The summed E-state index contributed by atoms with van der Waals surface area (Å²) in [7, 11) is -1.79. The van der Waals surface area contributed by atoms with E-state index in [0.717, 1.165) is 50.8 Å². The van der Waals surface area contributed by atoms with E-state index < -0.39 is 16.2 Å². The van der Waals surface area contributed by atoms with Crippen LogP contribution < -0.4 is 10.0 Å². The fraction of sp³-hybridized carbons (Fsp3) is 0.611.